The summed E-state index contributed by atoms with van der Waals surface area (Å²) < 4.78 is 27.1. The average Bonchev–Trinajstić information content (AvgIpc) is 2.77. The fourth-order valence-corrected chi connectivity index (χ4v) is 4.63. The summed E-state index contributed by atoms with van der Waals surface area (Å²) in [6.45, 7) is 5.02. The van der Waals surface area contributed by atoms with Gasteiger partial charge >= 0.3 is 0 Å². The van der Waals surface area contributed by atoms with Crippen molar-refractivity contribution in [2.75, 3.05) is 17.1 Å². The second kappa shape index (κ2) is 12.4. The zero-order chi connectivity index (χ0) is 25.6. The van der Waals surface area contributed by atoms with Crippen molar-refractivity contribution in [1.29, 1.82) is 0 Å². The molecule has 34 heavy (non-hydrogen) atoms. The zero-order valence-corrected chi connectivity index (χ0v) is 23.9. The molecule has 11 heteroatoms. The number of anilines is 1. The fraction of sp³-hybridized carbons (Fsp3) is 0.391. The smallest absolute Gasteiger partial charge is 0.244 e. The van der Waals surface area contributed by atoms with Crippen LogP contribution in [0.5, 0.6) is 0 Å². The molecule has 0 aromatic heterocycles. The minimum atomic E-state index is -3.77. The molecule has 2 atom stereocenters. The summed E-state index contributed by atoms with van der Waals surface area (Å²) in [4.78, 5) is 27.7. The Kier molecular flexibility index (Phi) is 10.5. The van der Waals surface area contributed by atoms with Crippen LogP contribution in [0.3, 0.4) is 0 Å². The van der Waals surface area contributed by atoms with Crippen LogP contribution in [0.25, 0.3) is 0 Å². The molecule has 7 nitrogen and oxygen atoms in total. The Labute approximate surface area is 225 Å². The summed E-state index contributed by atoms with van der Waals surface area (Å²) in [7, 11) is -3.77. The second-order valence-corrected chi connectivity index (χ2v) is 12.0. The third kappa shape index (κ3) is 8.00. The number of rotatable bonds is 10. The molecule has 0 aliphatic carbocycles. The lowest BCUT2D eigenvalue weighted by atomic mass is 10.1. The summed E-state index contributed by atoms with van der Waals surface area (Å²) in [5, 5.41) is 3.57. The molecule has 0 aliphatic heterocycles. The summed E-state index contributed by atoms with van der Waals surface area (Å²) in [6.07, 6.45) is 1.77. The van der Waals surface area contributed by atoms with Crippen LogP contribution in [0.1, 0.15) is 32.8 Å². The van der Waals surface area contributed by atoms with Gasteiger partial charge in [-0.1, -0.05) is 36.2 Å². The Bertz CT molecular complexity index is 1130. The molecule has 186 valence electrons. The molecule has 0 radical (unpaired) electrons. The number of hydrogen-bond acceptors (Lipinski definition) is 4. The number of nitrogens with zero attached hydrogens (tertiary/aromatic N) is 2. The van der Waals surface area contributed by atoms with Crippen molar-refractivity contribution >= 4 is 73.3 Å². The first kappa shape index (κ1) is 28.7. The van der Waals surface area contributed by atoms with Crippen molar-refractivity contribution in [2.45, 2.75) is 45.8 Å². The molecule has 0 spiro atoms. The third-order valence-electron chi connectivity index (χ3n) is 5.30. The van der Waals surface area contributed by atoms with Crippen LogP contribution >= 0.6 is 45.8 Å². The molecule has 0 aliphatic rings. The maximum atomic E-state index is 13.5. The van der Waals surface area contributed by atoms with Gasteiger partial charge in [-0.2, -0.15) is 0 Å². The minimum Gasteiger partial charge on any atom is -0.352 e. The predicted octanol–water partition coefficient (Wildman–Crippen LogP) is 4.70. The van der Waals surface area contributed by atoms with Gasteiger partial charge in [0.05, 0.1) is 22.0 Å². The van der Waals surface area contributed by atoms with Gasteiger partial charge in [-0.15, -0.1) is 0 Å². The predicted molar refractivity (Wildman–Crippen MR) is 146 cm³/mol. The van der Waals surface area contributed by atoms with Crippen molar-refractivity contribution in [2.24, 2.45) is 0 Å². The maximum absolute atomic E-state index is 13.5. The monoisotopic (exact) mass is 639 g/mol. The summed E-state index contributed by atoms with van der Waals surface area (Å²) >= 11 is 14.3. The van der Waals surface area contributed by atoms with E-state index < -0.39 is 28.5 Å². The van der Waals surface area contributed by atoms with E-state index in [1.165, 1.54) is 4.90 Å². The van der Waals surface area contributed by atoms with E-state index in [1.54, 1.807) is 49.4 Å². The van der Waals surface area contributed by atoms with Crippen molar-refractivity contribution in [3.05, 3.63) is 61.6 Å². The van der Waals surface area contributed by atoms with Crippen LogP contribution in [0.4, 0.5) is 5.69 Å². The molecule has 2 rings (SSSR count). The molecule has 0 bridgehead atoms. The van der Waals surface area contributed by atoms with Gasteiger partial charge in [0.15, 0.2) is 0 Å². The lowest BCUT2D eigenvalue weighted by Gasteiger charge is -2.32. The Morgan fingerprint density at radius 3 is 2.21 bits per heavy atom. The van der Waals surface area contributed by atoms with Gasteiger partial charge in [0.1, 0.15) is 12.6 Å². The van der Waals surface area contributed by atoms with Crippen molar-refractivity contribution in [1.82, 2.24) is 10.2 Å². The quantitative estimate of drug-likeness (QED) is 0.382. The normalized spacial score (nSPS) is 13.1. The number of nitrogens with one attached hydrogen (secondary N) is 1. The van der Waals surface area contributed by atoms with Crippen molar-refractivity contribution in [3.63, 3.8) is 0 Å². The largest absolute Gasteiger partial charge is 0.352 e. The Morgan fingerprint density at radius 2 is 1.68 bits per heavy atom. The highest BCUT2D eigenvalue weighted by Crippen LogP contribution is 2.24. The number of amides is 2. The summed E-state index contributed by atoms with van der Waals surface area (Å²) in [5.74, 6) is -0.857. The number of carbonyl (C=O) groups excluding carboxylic acids is 2. The van der Waals surface area contributed by atoms with Crippen LogP contribution in [0, 0.1) is 3.57 Å². The summed E-state index contributed by atoms with van der Waals surface area (Å²) in [6, 6.07) is 10.8. The number of carbonyl (C=O) groups is 2. The molecule has 2 aromatic rings. The molecule has 2 aromatic carbocycles. The van der Waals surface area contributed by atoms with Gasteiger partial charge < -0.3 is 10.2 Å². The van der Waals surface area contributed by atoms with Gasteiger partial charge in [0, 0.05) is 16.2 Å². The first-order chi connectivity index (χ1) is 15.8. The molecule has 0 heterocycles. The topological polar surface area (TPSA) is 86.8 Å². The SMILES string of the molecule is CC[C@@H](C)NC(=O)[C@H](C)N(Cc1ccc(Cl)c(Cl)c1)C(=O)CN(c1ccc(I)cc1)S(C)(=O)=O. The Hall–Kier alpha value is -1.56. The lowest BCUT2D eigenvalue weighted by Crippen LogP contribution is -2.52. The van der Waals surface area contributed by atoms with Gasteiger partial charge in [-0.05, 0) is 84.8 Å². The number of benzene rings is 2. The van der Waals surface area contributed by atoms with Crippen molar-refractivity contribution < 1.29 is 18.0 Å². The van der Waals surface area contributed by atoms with Gasteiger partial charge in [0.2, 0.25) is 21.8 Å². The highest BCUT2D eigenvalue weighted by atomic mass is 127. The molecule has 0 unspecified atom stereocenters. The molecule has 0 saturated carbocycles. The van der Waals surface area contributed by atoms with E-state index in [4.69, 9.17) is 23.2 Å². The maximum Gasteiger partial charge on any atom is 0.244 e. The zero-order valence-electron chi connectivity index (χ0n) is 19.4. The second-order valence-electron chi connectivity index (χ2n) is 8.01. The van der Waals surface area contributed by atoms with E-state index in [9.17, 15) is 18.0 Å². The van der Waals surface area contributed by atoms with Gasteiger partial charge in [-0.3, -0.25) is 13.9 Å². The molecular formula is C23H28Cl2IN3O4S. The minimum absolute atomic E-state index is 0.0507. The van der Waals surface area contributed by atoms with E-state index in [2.05, 4.69) is 27.9 Å². The molecule has 0 fully saturated rings. The van der Waals surface area contributed by atoms with Crippen molar-refractivity contribution in [3.8, 4) is 0 Å². The standard InChI is InChI=1S/C23H28Cl2IN3O4S/c1-5-15(2)27-23(31)16(3)28(13-17-6-11-20(24)21(25)12-17)22(30)14-29(34(4,32)33)19-9-7-18(26)8-10-19/h6-12,15-16H,5,13-14H2,1-4H3,(H,27,31)/t15-,16+/m1/s1. The number of halogens is 3. The number of hydrogen-bond donors (Lipinski definition) is 1. The average molecular weight is 640 g/mol. The van der Waals surface area contributed by atoms with E-state index >= 15 is 0 Å². The van der Waals surface area contributed by atoms with Crippen LogP contribution < -0.4 is 9.62 Å². The summed E-state index contributed by atoms with van der Waals surface area (Å²) in [5.41, 5.74) is 1.02. The highest BCUT2D eigenvalue weighted by molar-refractivity contribution is 14.1. The van der Waals surface area contributed by atoms with E-state index in [-0.39, 0.29) is 18.5 Å². The van der Waals surface area contributed by atoms with E-state index in [0.29, 0.717) is 21.3 Å². The number of sulfonamides is 1. The molecule has 1 N–H and O–H groups in total. The molecule has 0 saturated heterocycles. The lowest BCUT2D eigenvalue weighted by molar-refractivity contribution is -0.139. The van der Waals surface area contributed by atoms with Crippen LogP contribution in [-0.4, -0.2) is 50.0 Å². The van der Waals surface area contributed by atoms with Crippen LogP contribution in [-0.2, 0) is 26.2 Å². The van der Waals surface area contributed by atoms with Crippen LogP contribution in [0.15, 0.2) is 42.5 Å². The van der Waals surface area contributed by atoms with Gasteiger partial charge in [0.25, 0.3) is 0 Å². The van der Waals surface area contributed by atoms with Gasteiger partial charge in [-0.25, -0.2) is 8.42 Å². The Morgan fingerprint density at radius 1 is 1.06 bits per heavy atom. The highest BCUT2D eigenvalue weighted by Gasteiger charge is 2.30. The third-order valence-corrected chi connectivity index (χ3v) is 7.90. The molecular weight excluding hydrogens is 612 g/mol. The Balaban J connectivity index is 2.40. The van der Waals surface area contributed by atoms with E-state index in [1.807, 2.05) is 13.8 Å². The van der Waals surface area contributed by atoms with Crippen LogP contribution in [0.2, 0.25) is 10.0 Å². The first-order valence-electron chi connectivity index (χ1n) is 10.6. The fourth-order valence-electron chi connectivity index (χ4n) is 3.10. The molecule has 2 amide bonds. The first-order valence-corrected chi connectivity index (χ1v) is 14.3. The van der Waals surface area contributed by atoms with E-state index in [0.717, 1.165) is 20.6 Å².